The van der Waals surface area contributed by atoms with E-state index in [4.69, 9.17) is 11.6 Å². The van der Waals surface area contributed by atoms with Gasteiger partial charge < -0.3 is 5.32 Å². The molecule has 1 aromatic carbocycles. The van der Waals surface area contributed by atoms with Crippen molar-refractivity contribution in [2.45, 2.75) is 6.92 Å². The average Bonchev–Trinajstić information content (AvgIpc) is 2.28. The Kier molecular flexibility index (Phi) is 3.06. The number of benzene rings is 1. The van der Waals surface area contributed by atoms with Crippen molar-refractivity contribution in [1.29, 1.82) is 0 Å². The Morgan fingerprint density at radius 1 is 1.19 bits per heavy atom. The highest BCUT2D eigenvalue weighted by molar-refractivity contribution is 6.33. The number of hydrogen-bond acceptors (Lipinski definition) is 3. The summed E-state index contributed by atoms with van der Waals surface area (Å²) in [6.45, 7) is 1.86. The van der Waals surface area contributed by atoms with Gasteiger partial charge in [-0.25, -0.2) is 9.97 Å². The van der Waals surface area contributed by atoms with E-state index in [1.807, 2.05) is 44.3 Å². The van der Waals surface area contributed by atoms with Gasteiger partial charge in [0.15, 0.2) is 0 Å². The SMILES string of the molecule is CNc1cc(-c2ccccc2Cl)nc(C)n1. The van der Waals surface area contributed by atoms with Crippen LogP contribution in [0.3, 0.4) is 0 Å². The molecule has 0 aliphatic heterocycles. The van der Waals surface area contributed by atoms with Crippen molar-refractivity contribution < 1.29 is 0 Å². The highest BCUT2D eigenvalue weighted by Gasteiger charge is 2.06. The molecule has 0 bridgehead atoms. The zero-order valence-corrected chi connectivity index (χ0v) is 9.92. The quantitative estimate of drug-likeness (QED) is 0.866. The first-order chi connectivity index (χ1) is 7.70. The molecular formula is C12H12ClN3. The Bertz CT molecular complexity index is 511. The molecule has 2 rings (SSSR count). The molecule has 0 fully saturated rings. The Labute approximate surface area is 99.5 Å². The number of halogens is 1. The van der Waals surface area contributed by atoms with Gasteiger partial charge in [0.05, 0.1) is 5.69 Å². The molecule has 1 aromatic heterocycles. The molecule has 82 valence electrons. The van der Waals surface area contributed by atoms with E-state index in [1.165, 1.54) is 0 Å². The molecule has 0 atom stereocenters. The monoisotopic (exact) mass is 233 g/mol. The Balaban J connectivity index is 2.56. The fraction of sp³-hybridized carbons (Fsp3) is 0.167. The van der Waals surface area contributed by atoms with Gasteiger partial charge in [-0.2, -0.15) is 0 Å². The molecule has 2 aromatic rings. The Hall–Kier alpha value is -1.61. The van der Waals surface area contributed by atoms with Crippen LogP contribution in [0.4, 0.5) is 5.82 Å². The summed E-state index contributed by atoms with van der Waals surface area (Å²) in [5.41, 5.74) is 1.76. The molecular weight excluding hydrogens is 222 g/mol. The summed E-state index contributed by atoms with van der Waals surface area (Å²) in [6, 6.07) is 9.53. The van der Waals surface area contributed by atoms with Crippen LogP contribution in [0.5, 0.6) is 0 Å². The van der Waals surface area contributed by atoms with Crippen molar-refractivity contribution in [3.8, 4) is 11.3 Å². The number of nitrogens with zero attached hydrogens (tertiary/aromatic N) is 2. The summed E-state index contributed by atoms with van der Waals surface area (Å²) in [5.74, 6) is 1.52. The molecule has 0 unspecified atom stereocenters. The molecule has 0 amide bonds. The van der Waals surface area contributed by atoms with Crippen molar-refractivity contribution in [2.24, 2.45) is 0 Å². The van der Waals surface area contributed by atoms with Crippen LogP contribution >= 0.6 is 11.6 Å². The van der Waals surface area contributed by atoms with Crippen LogP contribution in [0.15, 0.2) is 30.3 Å². The molecule has 0 saturated carbocycles. The van der Waals surface area contributed by atoms with Gasteiger partial charge in [-0.15, -0.1) is 0 Å². The first-order valence-electron chi connectivity index (χ1n) is 4.99. The summed E-state index contributed by atoms with van der Waals surface area (Å²) in [7, 11) is 1.83. The lowest BCUT2D eigenvalue weighted by molar-refractivity contribution is 1.06. The van der Waals surface area contributed by atoms with E-state index in [-0.39, 0.29) is 0 Å². The van der Waals surface area contributed by atoms with Crippen LogP contribution in [-0.4, -0.2) is 17.0 Å². The fourth-order valence-electron chi connectivity index (χ4n) is 1.50. The zero-order valence-electron chi connectivity index (χ0n) is 9.16. The second-order valence-electron chi connectivity index (χ2n) is 3.42. The van der Waals surface area contributed by atoms with Crippen LogP contribution in [0.2, 0.25) is 5.02 Å². The number of anilines is 1. The van der Waals surface area contributed by atoms with E-state index >= 15 is 0 Å². The van der Waals surface area contributed by atoms with Gasteiger partial charge in [0.2, 0.25) is 0 Å². The van der Waals surface area contributed by atoms with Crippen LogP contribution in [-0.2, 0) is 0 Å². The number of aryl methyl sites for hydroxylation is 1. The number of hydrogen-bond donors (Lipinski definition) is 1. The number of aromatic nitrogens is 2. The topological polar surface area (TPSA) is 37.8 Å². The predicted octanol–water partition coefficient (Wildman–Crippen LogP) is 3.15. The highest BCUT2D eigenvalue weighted by atomic mass is 35.5. The third-order valence-corrected chi connectivity index (χ3v) is 2.57. The average molecular weight is 234 g/mol. The van der Waals surface area contributed by atoms with Gasteiger partial charge in [0, 0.05) is 23.7 Å². The van der Waals surface area contributed by atoms with Crippen molar-refractivity contribution in [1.82, 2.24) is 9.97 Å². The van der Waals surface area contributed by atoms with E-state index in [0.29, 0.717) is 5.02 Å². The molecule has 0 radical (unpaired) electrons. The van der Waals surface area contributed by atoms with Crippen LogP contribution in [0.1, 0.15) is 5.82 Å². The highest BCUT2D eigenvalue weighted by Crippen LogP contribution is 2.27. The standard InChI is InChI=1S/C12H12ClN3/c1-8-15-11(7-12(14-2)16-8)9-5-3-4-6-10(9)13/h3-7H,1-2H3,(H,14,15,16). The summed E-state index contributed by atoms with van der Waals surface area (Å²) in [5, 5.41) is 3.70. The summed E-state index contributed by atoms with van der Waals surface area (Å²) in [6.07, 6.45) is 0. The lowest BCUT2D eigenvalue weighted by Gasteiger charge is -2.06. The molecule has 3 nitrogen and oxygen atoms in total. The van der Waals surface area contributed by atoms with Crippen LogP contribution in [0.25, 0.3) is 11.3 Å². The second kappa shape index (κ2) is 4.49. The molecule has 0 spiro atoms. The Morgan fingerprint density at radius 2 is 1.94 bits per heavy atom. The van der Waals surface area contributed by atoms with Crippen LogP contribution in [0, 0.1) is 6.92 Å². The first kappa shape index (κ1) is 10.9. The van der Waals surface area contributed by atoms with E-state index in [1.54, 1.807) is 0 Å². The normalized spacial score (nSPS) is 10.2. The summed E-state index contributed by atoms with van der Waals surface area (Å²) >= 11 is 6.13. The maximum Gasteiger partial charge on any atom is 0.130 e. The van der Waals surface area contributed by atoms with Gasteiger partial charge in [-0.05, 0) is 13.0 Å². The second-order valence-corrected chi connectivity index (χ2v) is 3.82. The third kappa shape index (κ3) is 2.14. The molecule has 16 heavy (non-hydrogen) atoms. The molecule has 0 saturated heterocycles. The van der Waals surface area contributed by atoms with Crippen molar-refractivity contribution >= 4 is 17.4 Å². The van der Waals surface area contributed by atoms with Gasteiger partial charge in [-0.1, -0.05) is 29.8 Å². The van der Waals surface area contributed by atoms with Crippen LogP contribution < -0.4 is 5.32 Å². The Morgan fingerprint density at radius 3 is 2.62 bits per heavy atom. The third-order valence-electron chi connectivity index (χ3n) is 2.24. The lowest BCUT2D eigenvalue weighted by Crippen LogP contribution is -1.98. The fourth-order valence-corrected chi connectivity index (χ4v) is 1.74. The molecule has 1 N–H and O–H groups in total. The van der Waals surface area contributed by atoms with Gasteiger partial charge in [-0.3, -0.25) is 0 Å². The van der Waals surface area contributed by atoms with Crippen molar-refractivity contribution in [2.75, 3.05) is 12.4 Å². The molecule has 4 heteroatoms. The smallest absolute Gasteiger partial charge is 0.130 e. The number of nitrogens with one attached hydrogen (secondary N) is 1. The zero-order chi connectivity index (χ0) is 11.5. The van der Waals surface area contributed by atoms with E-state index in [2.05, 4.69) is 15.3 Å². The van der Waals surface area contributed by atoms with E-state index in [0.717, 1.165) is 22.9 Å². The molecule has 0 aliphatic carbocycles. The van der Waals surface area contributed by atoms with Gasteiger partial charge in [0.25, 0.3) is 0 Å². The van der Waals surface area contributed by atoms with Gasteiger partial charge in [0.1, 0.15) is 11.6 Å². The van der Waals surface area contributed by atoms with Crippen molar-refractivity contribution in [3.05, 3.63) is 41.2 Å². The number of rotatable bonds is 2. The van der Waals surface area contributed by atoms with Crippen molar-refractivity contribution in [3.63, 3.8) is 0 Å². The molecule has 0 aliphatic rings. The largest absolute Gasteiger partial charge is 0.373 e. The molecule has 1 heterocycles. The minimum atomic E-state index is 0.697. The van der Waals surface area contributed by atoms with E-state index in [9.17, 15) is 0 Å². The maximum absolute atomic E-state index is 6.13. The lowest BCUT2D eigenvalue weighted by atomic mass is 10.1. The summed E-state index contributed by atoms with van der Waals surface area (Å²) < 4.78 is 0. The summed E-state index contributed by atoms with van der Waals surface area (Å²) in [4.78, 5) is 8.62. The maximum atomic E-state index is 6.13. The predicted molar refractivity (Wildman–Crippen MR) is 66.8 cm³/mol. The van der Waals surface area contributed by atoms with E-state index < -0.39 is 0 Å². The first-order valence-corrected chi connectivity index (χ1v) is 5.37. The van der Waals surface area contributed by atoms with Gasteiger partial charge >= 0.3 is 0 Å². The minimum Gasteiger partial charge on any atom is -0.373 e. The minimum absolute atomic E-state index is 0.697.